The van der Waals surface area contributed by atoms with Crippen LogP contribution in [0.2, 0.25) is 0 Å². The molecule has 266 valence electrons. The van der Waals surface area contributed by atoms with Crippen molar-refractivity contribution in [3.63, 3.8) is 0 Å². The summed E-state index contributed by atoms with van der Waals surface area (Å²) in [5, 5.41) is 91.8. The normalized spacial score (nSPS) is 45.5. The van der Waals surface area contributed by atoms with Crippen molar-refractivity contribution in [3.05, 3.63) is 0 Å². The molecule has 1 heterocycles. The van der Waals surface area contributed by atoms with Crippen LogP contribution in [0.1, 0.15) is 12.8 Å². The third-order valence-corrected chi connectivity index (χ3v) is 8.72. The molecule has 19 atom stereocenters. The van der Waals surface area contributed by atoms with Gasteiger partial charge in [-0.2, -0.15) is 0 Å². The van der Waals surface area contributed by atoms with Crippen molar-refractivity contribution in [2.24, 2.45) is 34.4 Å². The van der Waals surface area contributed by atoms with Crippen LogP contribution in [0.15, 0.2) is 0 Å². The van der Waals surface area contributed by atoms with Gasteiger partial charge in [0.25, 0.3) is 0 Å². The molecule has 3 aliphatic rings. The van der Waals surface area contributed by atoms with E-state index >= 15 is 0 Å². The van der Waals surface area contributed by atoms with Gasteiger partial charge in [-0.3, -0.25) is 0 Å². The molecule has 0 radical (unpaired) electrons. The zero-order chi connectivity index (χ0) is 33.7. The number of nitrogens with two attached hydrogens (primary N) is 6. The van der Waals surface area contributed by atoms with Crippen LogP contribution >= 0.6 is 0 Å². The SMILES string of the molecule is NC(CO[C@H]1C(N)C[C@H](N)C(O)C1O)C(OCOC1C(N)[C@@H](O[C@@H]2C(N)C[C@@H](N)C(O)C2O)OC(CO)[C@H]1O)[C@@H](O)C(O)CO. The molecular formula is C25H52N6O14. The Bertz CT molecular complexity index is 884. The minimum atomic E-state index is -1.78. The van der Waals surface area contributed by atoms with Crippen molar-refractivity contribution in [1.82, 2.24) is 0 Å². The molecule has 0 aromatic rings. The first-order valence-corrected chi connectivity index (χ1v) is 14.8. The fourth-order valence-electron chi connectivity index (χ4n) is 5.87. The highest BCUT2D eigenvalue weighted by Crippen LogP contribution is 2.29. The predicted molar refractivity (Wildman–Crippen MR) is 151 cm³/mol. The van der Waals surface area contributed by atoms with Gasteiger partial charge in [0.1, 0.15) is 67.8 Å². The van der Waals surface area contributed by atoms with E-state index in [2.05, 4.69) is 0 Å². The van der Waals surface area contributed by atoms with Gasteiger partial charge in [0, 0.05) is 24.2 Å². The fraction of sp³-hybridized carbons (Fsp3) is 1.00. The number of ether oxygens (including phenoxy) is 5. The van der Waals surface area contributed by atoms with Crippen LogP contribution in [0, 0.1) is 0 Å². The van der Waals surface area contributed by atoms with Gasteiger partial charge in [-0.25, -0.2) is 0 Å². The average molecular weight is 661 g/mol. The molecule has 3 rings (SSSR count). The Morgan fingerprint density at radius 2 is 1.27 bits per heavy atom. The van der Waals surface area contributed by atoms with Gasteiger partial charge < -0.3 is 104 Å². The number of aliphatic hydroxyl groups excluding tert-OH is 9. The van der Waals surface area contributed by atoms with E-state index < -0.39 is 142 Å². The zero-order valence-electron chi connectivity index (χ0n) is 24.7. The molecule has 0 aromatic carbocycles. The smallest absolute Gasteiger partial charge is 0.176 e. The van der Waals surface area contributed by atoms with Crippen LogP contribution in [-0.4, -0.2) is 188 Å². The minimum absolute atomic E-state index is 0.109. The molecule has 12 unspecified atom stereocenters. The molecule has 45 heavy (non-hydrogen) atoms. The van der Waals surface area contributed by atoms with Crippen molar-refractivity contribution in [2.75, 3.05) is 26.6 Å². The van der Waals surface area contributed by atoms with Crippen molar-refractivity contribution >= 4 is 0 Å². The molecule has 0 spiro atoms. The molecule has 2 saturated carbocycles. The number of rotatable bonds is 14. The van der Waals surface area contributed by atoms with E-state index in [9.17, 15) is 46.0 Å². The van der Waals surface area contributed by atoms with Crippen LogP contribution in [0.3, 0.4) is 0 Å². The van der Waals surface area contributed by atoms with E-state index in [0.29, 0.717) is 0 Å². The largest absolute Gasteiger partial charge is 0.394 e. The Kier molecular flexibility index (Phi) is 14.6. The fourth-order valence-corrected chi connectivity index (χ4v) is 5.87. The topological polar surface area (TPSA) is 384 Å². The quantitative estimate of drug-likeness (QED) is 0.0768. The summed E-state index contributed by atoms with van der Waals surface area (Å²) >= 11 is 0. The molecule has 1 saturated heterocycles. The Morgan fingerprint density at radius 1 is 0.711 bits per heavy atom. The summed E-state index contributed by atoms with van der Waals surface area (Å²) < 4.78 is 28.3. The standard InChI is InChI=1S/C25H52N6O14/c26-7-1-9(28)21(19(39)15(7)35)41-5-11(30)22(17(37)12(34)3-32)42-6-43-24-14(31)25(44-13(4-33)18(24)38)45-23-10(29)2-8(27)16(36)20(23)40/h7-25,32-40H,1-6,26-31H2/t7-,8+,9?,10?,11?,12?,13?,14?,15?,16?,17-,18+,19?,20?,21-,22?,23+,24?,25+/m0/s1. The number of aliphatic hydroxyl groups is 9. The van der Waals surface area contributed by atoms with Gasteiger partial charge in [-0.1, -0.05) is 0 Å². The van der Waals surface area contributed by atoms with E-state index in [0.717, 1.165) is 0 Å². The molecule has 0 aromatic heterocycles. The maximum atomic E-state index is 10.8. The van der Waals surface area contributed by atoms with Crippen LogP contribution in [0.4, 0.5) is 0 Å². The second-order valence-corrected chi connectivity index (χ2v) is 12.1. The Labute approximate surface area is 259 Å². The monoisotopic (exact) mass is 660 g/mol. The average Bonchev–Trinajstić information content (AvgIpc) is 3.00. The molecule has 0 bridgehead atoms. The second kappa shape index (κ2) is 17.0. The van der Waals surface area contributed by atoms with Crippen LogP contribution < -0.4 is 34.4 Å². The third-order valence-electron chi connectivity index (χ3n) is 8.72. The molecule has 2 aliphatic carbocycles. The molecule has 1 aliphatic heterocycles. The first-order chi connectivity index (χ1) is 21.1. The highest BCUT2D eigenvalue weighted by atomic mass is 16.7. The highest BCUT2D eigenvalue weighted by Gasteiger charge is 2.49. The summed E-state index contributed by atoms with van der Waals surface area (Å²) in [6.45, 7) is -2.67. The van der Waals surface area contributed by atoms with Gasteiger partial charge in [0.05, 0.1) is 44.1 Å². The predicted octanol–water partition coefficient (Wildman–Crippen LogP) is -9.51. The molecule has 20 heteroatoms. The third kappa shape index (κ3) is 9.01. The van der Waals surface area contributed by atoms with Gasteiger partial charge in [-0.05, 0) is 12.8 Å². The Morgan fingerprint density at radius 3 is 1.82 bits per heavy atom. The Hall–Kier alpha value is -0.800. The van der Waals surface area contributed by atoms with Crippen molar-refractivity contribution in [3.8, 4) is 0 Å². The van der Waals surface area contributed by atoms with Crippen LogP contribution in [-0.2, 0) is 23.7 Å². The zero-order valence-corrected chi connectivity index (χ0v) is 24.7. The van der Waals surface area contributed by atoms with Gasteiger partial charge in [0.2, 0.25) is 0 Å². The summed E-state index contributed by atoms with van der Waals surface area (Å²) in [5.41, 5.74) is 36.1. The summed E-state index contributed by atoms with van der Waals surface area (Å²) in [6.07, 6.45) is -18.0. The first-order valence-electron chi connectivity index (χ1n) is 14.8. The first kappa shape index (κ1) is 38.6. The Balaban J connectivity index is 1.67. The van der Waals surface area contributed by atoms with Crippen LogP contribution in [0.5, 0.6) is 0 Å². The summed E-state index contributed by atoms with van der Waals surface area (Å²) in [7, 11) is 0. The molecule has 3 fully saturated rings. The molecular weight excluding hydrogens is 608 g/mol. The van der Waals surface area contributed by atoms with E-state index in [4.69, 9.17) is 58.1 Å². The lowest BCUT2D eigenvalue weighted by atomic mass is 9.84. The van der Waals surface area contributed by atoms with Crippen molar-refractivity contribution in [2.45, 2.75) is 129 Å². The minimum Gasteiger partial charge on any atom is -0.394 e. The van der Waals surface area contributed by atoms with Crippen molar-refractivity contribution < 1.29 is 69.6 Å². The van der Waals surface area contributed by atoms with E-state index in [1.165, 1.54) is 0 Å². The molecule has 21 N–H and O–H groups in total. The summed E-state index contributed by atoms with van der Waals surface area (Å²) in [5.74, 6) is 0. The van der Waals surface area contributed by atoms with E-state index in [1.807, 2.05) is 0 Å². The van der Waals surface area contributed by atoms with Crippen LogP contribution in [0.25, 0.3) is 0 Å². The maximum Gasteiger partial charge on any atom is 0.176 e. The summed E-state index contributed by atoms with van der Waals surface area (Å²) in [6, 6.07) is -5.63. The molecule has 0 amide bonds. The number of hydrogen-bond donors (Lipinski definition) is 15. The lowest BCUT2D eigenvalue weighted by molar-refractivity contribution is -0.307. The van der Waals surface area contributed by atoms with E-state index in [1.54, 1.807) is 0 Å². The van der Waals surface area contributed by atoms with Gasteiger partial charge in [0.15, 0.2) is 6.29 Å². The van der Waals surface area contributed by atoms with Crippen molar-refractivity contribution in [1.29, 1.82) is 0 Å². The lowest BCUT2D eigenvalue weighted by Crippen LogP contribution is -2.67. The summed E-state index contributed by atoms with van der Waals surface area (Å²) in [4.78, 5) is 0. The second-order valence-electron chi connectivity index (χ2n) is 12.1. The number of hydrogen-bond acceptors (Lipinski definition) is 20. The van der Waals surface area contributed by atoms with E-state index in [-0.39, 0.29) is 12.8 Å². The van der Waals surface area contributed by atoms with Gasteiger partial charge in [-0.15, -0.1) is 0 Å². The van der Waals surface area contributed by atoms with Gasteiger partial charge >= 0.3 is 0 Å². The lowest BCUT2D eigenvalue weighted by Gasteiger charge is -2.46. The molecule has 20 nitrogen and oxygen atoms in total. The maximum absolute atomic E-state index is 10.8. The highest BCUT2D eigenvalue weighted by molar-refractivity contribution is 5.00.